The van der Waals surface area contributed by atoms with Crippen molar-refractivity contribution in [2.75, 3.05) is 18.9 Å². The lowest BCUT2D eigenvalue weighted by molar-refractivity contribution is 0.0958. The third kappa shape index (κ3) is 4.36. The molecule has 0 aliphatic heterocycles. The molecule has 6 nitrogen and oxygen atoms in total. The number of halogens is 1. The van der Waals surface area contributed by atoms with Gasteiger partial charge in [0.25, 0.3) is 5.91 Å². The van der Waals surface area contributed by atoms with Crippen LogP contribution < -0.4 is 10.6 Å². The monoisotopic (exact) mass is 387 g/mol. The van der Waals surface area contributed by atoms with Crippen molar-refractivity contribution in [3.8, 4) is 10.7 Å². The highest BCUT2D eigenvalue weighted by Crippen LogP contribution is 2.25. The number of carbonyl (C=O) groups excluding carboxylic acids is 1. The van der Waals surface area contributed by atoms with Crippen LogP contribution in [-0.2, 0) is 6.42 Å². The summed E-state index contributed by atoms with van der Waals surface area (Å²) in [6, 6.07) is 9.55. The second-order valence-corrected chi connectivity index (χ2v) is 7.14. The number of hydrogen-bond donors (Lipinski definition) is 2. The standard InChI is InChI=1S/C18H18ClN5OS/c1-11-3-4-12(13(19)9-11)7-8-21-17(25)15-6-5-14(26-15)16-22-10-23-18(20-2)24-16/h3-6,9-10H,7-8H2,1-2H3,(H,21,25)(H,20,22,23,24). The highest BCUT2D eigenvalue weighted by atomic mass is 35.5. The highest BCUT2D eigenvalue weighted by molar-refractivity contribution is 7.17. The molecule has 3 aromatic rings. The molecule has 0 saturated carbocycles. The average molecular weight is 388 g/mol. The molecule has 0 radical (unpaired) electrons. The smallest absolute Gasteiger partial charge is 0.261 e. The molecule has 26 heavy (non-hydrogen) atoms. The van der Waals surface area contributed by atoms with Gasteiger partial charge in [0.15, 0.2) is 5.82 Å². The van der Waals surface area contributed by atoms with Crippen LogP contribution >= 0.6 is 22.9 Å². The fourth-order valence-corrected chi connectivity index (χ4v) is 3.56. The van der Waals surface area contributed by atoms with E-state index < -0.39 is 0 Å². The number of anilines is 1. The first-order valence-electron chi connectivity index (χ1n) is 8.07. The molecule has 1 amide bonds. The van der Waals surface area contributed by atoms with Gasteiger partial charge in [-0.1, -0.05) is 23.7 Å². The van der Waals surface area contributed by atoms with E-state index in [1.54, 1.807) is 13.1 Å². The van der Waals surface area contributed by atoms with Gasteiger partial charge in [-0.25, -0.2) is 9.97 Å². The van der Waals surface area contributed by atoms with Gasteiger partial charge in [0.2, 0.25) is 5.95 Å². The number of benzene rings is 1. The molecule has 0 fully saturated rings. The quantitative estimate of drug-likeness (QED) is 0.675. The average Bonchev–Trinajstić information content (AvgIpc) is 3.14. The van der Waals surface area contributed by atoms with E-state index in [0.29, 0.717) is 29.6 Å². The van der Waals surface area contributed by atoms with Crippen molar-refractivity contribution in [2.45, 2.75) is 13.3 Å². The summed E-state index contributed by atoms with van der Waals surface area (Å²) < 4.78 is 0. The van der Waals surface area contributed by atoms with Crippen LogP contribution in [0.2, 0.25) is 5.02 Å². The zero-order valence-electron chi connectivity index (χ0n) is 14.4. The summed E-state index contributed by atoms with van der Waals surface area (Å²) in [6.45, 7) is 2.52. The zero-order chi connectivity index (χ0) is 18.5. The van der Waals surface area contributed by atoms with Crippen molar-refractivity contribution in [1.29, 1.82) is 0 Å². The van der Waals surface area contributed by atoms with E-state index in [1.165, 1.54) is 17.7 Å². The van der Waals surface area contributed by atoms with E-state index in [-0.39, 0.29) is 5.91 Å². The molecule has 8 heteroatoms. The van der Waals surface area contributed by atoms with Gasteiger partial charge in [-0.3, -0.25) is 4.79 Å². The van der Waals surface area contributed by atoms with Crippen LogP contribution in [0.15, 0.2) is 36.7 Å². The molecule has 0 aliphatic carbocycles. The van der Waals surface area contributed by atoms with Crippen LogP contribution in [0.3, 0.4) is 0 Å². The fraction of sp³-hybridized carbons (Fsp3) is 0.222. The molecule has 0 spiro atoms. The van der Waals surface area contributed by atoms with Gasteiger partial charge in [-0.2, -0.15) is 4.98 Å². The highest BCUT2D eigenvalue weighted by Gasteiger charge is 2.12. The first kappa shape index (κ1) is 18.3. The maximum absolute atomic E-state index is 12.3. The maximum Gasteiger partial charge on any atom is 0.261 e. The summed E-state index contributed by atoms with van der Waals surface area (Å²) in [5, 5.41) is 6.52. The van der Waals surface area contributed by atoms with Crippen LogP contribution in [-0.4, -0.2) is 34.5 Å². The number of thiophene rings is 1. The maximum atomic E-state index is 12.3. The van der Waals surface area contributed by atoms with E-state index in [0.717, 1.165) is 21.0 Å². The Balaban J connectivity index is 1.61. The Hall–Kier alpha value is -2.51. The molecule has 2 N–H and O–H groups in total. The Morgan fingerprint density at radius 3 is 2.85 bits per heavy atom. The number of rotatable bonds is 6. The van der Waals surface area contributed by atoms with Crippen LogP contribution in [0.25, 0.3) is 10.7 Å². The summed E-state index contributed by atoms with van der Waals surface area (Å²) >= 11 is 7.57. The zero-order valence-corrected chi connectivity index (χ0v) is 16.0. The van der Waals surface area contributed by atoms with Crippen molar-refractivity contribution < 1.29 is 4.79 Å². The molecule has 2 aromatic heterocycles. The molecule has 0 saturated heterocycles. The first-order valence-corrected chi connectivity index (χ1v) is 9.26. The molecule has 0 aliphatic rings. The number of hydrogen-bond acceptors (Lipinski definition) is 6. The van der Waals surface area contributed by atoms with Crippen LogP contribution in [0, 0.1) is 6.92 Å². The second-order valence-electron chi connectivity index (χ2n) is 5.65. The Morgan fingerprint density at radius 2 is 2.08 bits per heavy atom. The summed E-state index contributed by atoms with van der Waals surface area (Å²) in [5.74, 6) is 0.914. The molecule has 0 atom stereocenters. The number of carbonyl (C=O) groups is 1. The van der Waals surface area contributed by atoms with E-state index in [4.69, 9.17) is 11.6 Å². The lowest BCUT2D eigenvalue weighted by Crippen LogP contribution is -2.24. The predicted molar refractivity (Wildman–Crippen MR) is 105 cm³/mol. The van der Waals surface area contributed by atoms with E-state index in [9.17, 15) is 4.79 Å². The van der Waals surface area contributed by atoms with Crippen molar-refractivity contribution in [1.82, 2.24) is 20.3 Å². The number of aryl methyl sites for hydroxylation is 1. The van der Waals surface area contributed by atoms with Gasteiger partial charge in [0.1, 0.15) is 6.33 Å². The van der Waals surface area contributed by atoms with E-state index in [2.05, 4.69) is 25.6 Å². The summed E-state index contributed by atoms with van der Waals surface area (Å²) in [6.07, 6.45) is 2.13. The van der Waals surface area contributed by atoms with Crippen LogP contribution in [0.4, 0.5) is 5.95 Å². The Morgan fingerprint density at radius 1 is 1.23 bits per heavy atom. The van der Waals surface area contributed by atoms with Crippen molar-refractivity contribution in [2.24, 2.45) is 0 Å². The fourth-order valence-electron chi connectivity index (χ4n) is 2.37. The minimum absolute atomic E-state index is 0.118. The summed E-state index contributed by atoms with van der Waals surface area (Å²) in [7, 11) is 1.74. The lowest BCUT2D eigenvalue weighted by Gasteiger charge is -2.06. The van der Waals surface area contributed by atoms with Crippen molar-refractivity contribution in [3.63, 3.8) is 0 Å². The summed E-state index contributed by atoms with van der Waals surface area (Å²) in [4.78, 5) is 26.2. The Bertz CT molecular complexity index is 927. The van der Waals surface area contributed by atoms with E-state index >= 15 is 0 Å². The minimum atomic E-state index is -0.118. The first-order chi connectivity index (χ1) is 12.6. The van der Waals surface area contributed by atoms with Crippen LogP contribution in [0.1, 0.15) is 20.8 Å². The molecular weight excluding hydrogens is 370 g/mol. The number of amides is 1. The van der Waals surface area contributed by atoms with Gasteiger partial charge < -0.3 is 10.6 Å². The van der Waals surface area contributed by atoms with E-state index in [1.807, 2.05) is 31.2 Å². The minimum Gasteiger partial charge on any atom is -0.357 e. The molecule has 3 rings (SSSR count). The van der Waals surface area contributed by atoms with Crippen molar-refractivity contribution >= 4 is 34.8 Å². The summed E-state index contributed by atoms with van der Waals surface area (Å²) in [5.41, 5.74) is 2.14. The number of nitrogens with one attached hydrogen (secondary N) is 2. The number of aromatic nitrogens is 3. The van der Waals surface area contributed by atoms with Gasteiger partial charge >= 0.3 is 0 Å². The molecule has 2 heterocycles. The van der Waals surface area contributed by atoms with Gasteiger partial charge in [-0.15, -0.1) is 11.3 Å². The van der Waals surface area contributed by atoms with Crippen LogP contribution in [0.5, 0.6) is 0 Å². The number of nitrogens with zero attached hydrogens (tertiary/aromatic N) is 3. The van der Waals surface area contributed by atoms with Gasteiger partial charge in [-0.05, 0) is 42.7 Å². The van der Waals surface area contributed by atoms with Crippen molar-refractivity contribution in [3.05, 3.63) is 57.7 Å². The molecule has 0 bridgehead atoms. The third-order valence-corrected chi connectivity index (χ3v) is 5.17. The Kier molecular flexibility index (Phi) is 5.80. The molecular formula is C18H18ClN5OS. The largest absolute Gasteiger partial charge is 0.357 e. The molecule has 1 aromatic carbocycles. The SMILES string of the molecule is CNc1ncnc(-c2ccc(C(=O)NCCc3ccc(C)cc3Cl)s2)n1. The van der Waals surface area contributed by atoms with Gasteiger partial charge in [0, 0.05) is 18.6 Å². The Labute approximate surface area is 160 Å². The topological polar surface area (TPSA) is 79.8 Å². The third-order valence-electron chi connectivity index (χ3n) is 3.73. The normalized spacial score (nSPS) is 10.6. The lowest BCUT2D eigenvalue weighted by atomic mass is 10.1. The van der Waals surface area contributed by atoms with Gasteiger partial charge in [0.05, 0.1) is 9.75 Å². The second kappa shape index (κ2) is 8.25. The molecule has 0 unspecified atom stereocenters. The predicted octanol–water partition coefficient (Wildman–Crippen LogP) is 3.58. The molecule has 134 valence electrons.